The maximum atomic E-state index is 13.0. The molecule has 1 aromatic heterocycles. The zero-order chi connectivity index (χ0) is 12.4. The molecule has 0 saturated carbocycles. The van der Waals surface area contributed by atoms with Gasteiger partial charge in [-0.25, -0.2) is 8.78 Å². The molecule has 0 fully saturated rings. The van der Waals surface area contributed by atoms with Gasteiger partial charge in [-0.05, 0) is 37.3 Å². The van der Waals surface area contributed by atoms with Crippen LogP contribution in [-0.4, -0.2) is 10.8 Å². The molecule has 1 aromatic carbocycles. The molecule has 2 rings (SSSR count). The van der Waals surface area contributed by atoms with Crippen LogP contribution in [0.5, 0.6) is 0 Å². The number of pyridine rings is 1. The second-order valence-corrected chi connectivity index (χ2v) is 3.65. The summed E-state index contributed by atoms with van der Waals surface area (Å²) in [5, 5.41) is 0. The van der Waals surface area contributed by atoms with Crippen LogP contribution in [-0.2, 0) is 0 Å². The van der Waals surface area contributed by atoms with Crippen molar-refractivity contribution in [1.29, 1.82) is 0 Å². The van der Waals surface area contributed by atoms with E-state index < -0.39 is 11.6 Å². The minimum atomic E-state index is -1.03. The highest BCUT2D eigenvalue weighted by Crippen LogP contribution is 2.13. The molecule has 86 valence electrons. The molecule has 2 aromatic rings. The van der Waals surface area contributed by atoms with Crippen molar-refractivity contribution >= 4 is 5.78 Å². The minimum Gasteiger partial charge on any atom is -0.289 e. The van der Waals surface area contributed by atoms with Crippen LogP contribution >= 0.6 is 0 Å². The van der Waals surface area contributed by atoms with Crippen molar-refractivity contribution in [1.82, 2.24) is 4.98 Å². The van der Waals surface area contributed by atoms with Crippen molar-refractivity contribution in [2.45, 2.75) is 6.92 Å². The highest BCUT2D eigenvalue weighted by molar-refractivity contribution is 6.08. The average molecular weight is 233 g/mol. The van der Waals surface area contributed by atoms with E-state index >= 15 is 0 Å². The SMILES string of the molecule is Cc1ccc(C(=O)c2ccc(F)c(F)c2)cn1. The maximum Gasteiger partial charge on any atom is 0.194 e. The van der Waals surface area contributed by atoms with Crippen LogP contribution < -0.4 is 0 Å². The van der Waals surface area contributed by atoms with Crippen molar-refractivity contribution in [3.63, 3.8) is 0 Å². The van der Waals surface area contributed by atoms with Crippen LogP contribution in [0.1, 0.15) is 21.6 Å². The van der Waals surface area contributed by atoms with E-state index in [4.69, 9.17) is 0 Å². The summed E-state index contributed by atoms with van der Waals surface area (Å²) >= 11 is 0. The van der Waals surface area contributed by atoms with Gasteiger partial charge in [-0.3, -0.25) is 9.78 Å². The monoisotopic (exact) mass is 233 g/mol. The van der Waals surface area contributed by atoms with Crippen molar-refractivity contribution < 1.29 is 13.6 Å². The molecule has 0 aliphatic carbocycles. The largest absolute Gasteiger partial charge is 0.289 e. The van der Waals surface area contributed by atoms with E-state index in [9.17, 15) is 13.6 Å². The Morgan fingerprint density at radius 3 is 2.35 bits per heavy atom. The number of hydrogen-bond acceptors (Lipinski definition) is 2. The number of ketones is 1. The van der Waals surface area contributed by atoms with Gasteiger partial charge in [0.1, 0.15) is 0 Å². The highest BCUT2D eigenvalue weighted by atomic mass is 19.2. The summed E-state index contributed by atoms with van der Waals surface area (Å²) in [5.74, 6) is -2.38. The van der Waals surface area contributed by atoms with Gasteiger partial charge in [0, 0.05) is 23.0 Å². The summed E-state index contributed by atoms with van der Waals surface area (Å²) < 4.78 is 25.7. The maximum absolute atomic E-state index is 13.0. The van der Waals surface area contributed by atoms with Crippen molar-refractivity contribution in [3.05, 3.63) is 65.0 Å². The zero-order valence-corrected chi connectivity index (χ0v) is 9.08. The molecule has 17 heavy (non-hydrogen) atoms. The first kappa shape index (κ1) is 11.4. The van der Waals surface area contributed by atoms with Crippen LogP contribution in [0.15, 0.2) is 36.5 Å². The third-order valence-corrected chi connectivity index (χ3v) is 2.36. The molecular weight excluding hydrogens is 224 g/mol. The molecule has 4 heteroatoms. The lowest BCUT2D eigenvalue weighted by Gasteiger charge is -2.02. The lowest BCUT2D eigenvalue weighted by molar-refractivity contribution is 0.103. The molecule has 1 heterocycles. The van der Waals surface area contributed by atoms with Gasteiger partial charge in [0.25, 0.3) is 0 Å². The van der Waals surface area contributed by atoms with Gasteiger partial charge in [0.15, 0.2) is 17.4 Å². The first-order chi connectivity index (χ1) is 8.08. The molecule has 0 unspecified atom stereocenters. The Bertz CT molecular complexity index is 564. The summed E-state index contributed by atoms with van der Waals surface area (Å²) in [4.78, 5) is 15.9. The van der Waals surface area contributed by atoms with Crippen LogP contribution in [0.2, 0.25) is 0 Å². The Morgan fingerprint density at radius 2 is 1.76 bits per heavy atom. The standard InChI is InChI=1S/C13H9F2NO/c1-8-2-3-10(7-16-8)13(17)9-4-5-11(14)12(15)6-9/h2-7H,1H3. The molecule has 0 aliphatic heterocycles. The van der Waals surface area contributed by atoms with Crippen LogP contribution in [0.3, 0.4) is 0 Å². The van der Waals surface area contributed by atoms with E-state index in [1.165, 1.54) is 12.3 Å². The van der Waals surface area contributed by atoms with Crippen molar-refractivity contribution in [2.24, 2.45) is 0 Å². The molecule has 0 atom stereocenters. The average Bonchev–Trinajstić information content (AvgIpc) is 2.33. The third-order valence-electron chi connectivity index (χ3n) is 2.36. The Kier molecular flexibility index (Phi) is 2.95. The van der Waals surface area contributed by atoms with E-state index in [-0.39, 0.29) is 11.3 Å². The number of rotatable bonds is 2. The number of carbonyl (C=O) groups is 1. The molecule has 0 N–H and O–H groups in total. The van der Waals surface area contributed by atoms with Gasteiger partial charge in [-0.15, -0.1) is 0 Å². The van der Waals surface area contributed by atoms with Gasteiger partial charge in [-0.2, -0.15) is 0 Å². The first-order valence-corrected chi connectivity index (χ1v) is 5.00. The number of aryl methyl sites for hydroxylation is 1. The van der Waals surface area contributed by atoms with E-state index in [1.807, 2.05) is 0 Å². The minimum absolute atomic E-state index is 0.106. The number of aromatic nitrogens is 1. The quantitative estimate of drug-likeness (QED) is 0.746. The lowest BCUT2D eigenvalue weighted by atomic mass is 10.0. The molecule has 0 saturated heterocycles. The number of hydrogen-bond donors (Lipinski definition) is 0. The van der Waals surface area contributed by atoms with Gasteiger partial charge in [0.2, 0.25) is 0 Å². The number of carbonyl (C=O) groups excluding carboxylic acids is 1. The molecular formula is C13H9F2NO. The second kappa shape index (κ2) is 4.41. The van der Waals surface area contributed by atoms with E-state index in [0.29, 0.717) is 5.56 Å². The topological polar surface area (TPSA) is 30.0 Å². The van der Waals surface area contributed by atoms with Gasteiger partial charge in [-0.1, -0.05) is 0 Å². The summed E-state index contributed by atoms with van der Waals surface area (Å²) in [5.41, 5.74) is 1.24. The Morgan fingerprint density at radius 1 is 1.06 bits per heavy atom. The second-order valence-electron chi connectivity index (χ2n) is 3.65. The van der Waals surface area contributed by atoms with Crippen LogP contribution in [0.4, 0.5) is 8.78 Å². The van der Waals surface area contributed by atoms with Crippen molar-refractivity contribution in [2.75, 3.05) is 0 Å². The Hall–Kier alpha value is -2.10. The highest BCUT2D eigenvalue weighted by Gasteiger charge is 2.12. The summed E-state index contributed by atoms with van der Waals surface area (Å²) in [6.45, 7) is 1.80. The van der Waals surface area contributed by atoms with Gasteiger partial charge in [0.05, 0.1) is 0 Å². The Balaban J connectivity index is 2.37. The third kappa shape index (κ3) is 2.36. The summed E-state index contributed by atoms with van der Waals surface area (Å²) in [6, 6.07) is 6.36. The van der Waals surface area contributed by atoms with E-state index in [0.717, 1.165) is 17.8 Å². The van der Waals surface area contributed by atoms with E-state index in [1.54, 1.807) is 19.1 Å². The number of nitrogens with zero attached hydrogens (tertiary/aromatic N) is 1. The lowest BCUT2D eigenvalue weighted by Crippen LogP contribution is -2.03. The van der Waals surface area contributed by atoms with Gasteiger partial charge < -0.3 is 0 Å². The molecule has 2 nitrogen and oxygen atoms in total. The first-order valence-electron chi connectivity index (χ1n) is 5.00. The molecule has 0 radical (unpaired) electrons. The summed E-state index contributed by atoms with van der Waals surface area (Å²) in [7, 11) is 0. The Labute approximate surface area is 96.9 Å². The van der Waals surface area contributed by atoms with Crippen LogP contribution in [0.25, 0.3) is 0 Å². The predicted octanol–water partition coefficient (Wildman–Crippen LogP) is 2.90. The zero-order valence-electron chi connectivity index (χ0n) is 9.08. The molecule has 0 bridgehead atoms. The fourth-order valence-corrected chi connectivity index (χ4v) is 1.41. The summed E-state index contributed by atoms with van der Waals surface area (Å²) in [6.07, 6.45) is 1.42. The van der Waals surface area contributed by atoms with Crippen molar-refractivity contribution in [3.8, 4) is 0 Å². The number of benzene rings is 1. The smallest absolute Gasteiger partial charge is 0.194 e. The fourth-order valence-electron chi connectivity index (χ4n) is 1.41. The molecule has 0 amide bonds. The number of halogens is 2. The van der Waals surface area contributed by atoms with E-state index in [2.05, 4.69) is 4.98 Å². The normalized spacial score (nSPS) is 10.3. The van der Waals surface area contributed by atoms with Crippen LogP contribution in [0, 0.1) is 18.6 Å². The van der Waals surface area contributed by atoms with Gasteiger partial charge >= 0.3 is 0 Å². The molecule has 0 aliphatic rings. The fraction of sp³-hybridized carbons (Fsp3) is 0.0769. The predicted molar refractivity (Wildman–Crippen MR) is 58.8 cm³/mol. The molecule has 0 spiro atoms.